The highest BCUT2D eigenvalue weighted by molar-refractivity contribution is 7.79. The van der Waals surface area contributed by atoms with E-state index in [2.05, 4.69) is 9.79 Å². The average molecular weight is 272 g/mol. The van der Waals surface area contributed by atoms with Crippen LogP contribution in [0.15, 0.2) is 47.1 Å². The Morgan fingerprint density at radius 2 is 2.00 bits per heavy atom. The normalized spacial score (nSPS) is 10.5. The topological polar surface area (TPSA) is 62.2 Å². The number of hydrogen-bond acceptors (Lipinski definition) is 5. The maximum Gasteiger partial charge on any atom is 0.290 e. The Hall–Kier alpha value is -2.47. The summed E-state index contributed by atoms with van der Waals surface area (Å²) in [6.45, 7) is 0. The van der Waals surface area contributed by atoms with Crippen LogP contribution in [0.5, 0.6) is 11.5 Å². The van der Waals surface area contributed by atoms with Gasteiger partial charge in [-0.1, -0.05) is 30.4 Å². The minimum atomic E-state index is 0.327. The van der Waals surface area contributed by atoms with Crippen molar-refractivity contribution in [3.8, 4) is 11.5 Å². The summed E-state index contributed by atoms with van der Waals surface area (Å²) in [7, 11) is 0. The molecule has 5 nitrogen and oxygen atoms in total. The van der Waals surface area contributed by atoms with Crippen molar-refractivity contribution in [3.63, 3.8) is 0 Å². The first-order valence-electron chi connectivity index (χ1n) is 5.49. The van der Waals surface area contributed by atoms with E-state index in [-0.39, 0.29) is 0 Å². The van der Waals surface area contributed by atoms with E-state index in [9.17, 15) is 5.21 Å². The zero-order chi connectivity index (χ0) is 13.2. The van der Waals surface area contributed by atoms with Gasteiger partial charge in [-0.15, -0.1) is 0 Å². The average Bonchev–Trinajstić information content (AvgIpc) is 2.83. The second kappa shape index (κ2) is 4.66. The molecule has 0 atom stereocenters. The van der Waals surface area contributed by atoms with Crippen LogP contribution < -0.4 is 9.64 Å². The van der Waals surface area contributed by atoms with Gasteiger partial charge in [0.2, 0.25) is 5.52 Å². The molecule has 0 aliphatic heterocycles. The van der Waals surface area contributed by atoms with Gasteiger partial charge in [0.25, 0.3) is 5.52 Å². The highest BCUT2D eigenvalue weighted by Gasteiger charge is 2.15. The fraction of sp³-hybridized carbons (Fsp3) is 0. The van der Waals surface area contributed by atoms with Crippen molar-refractivity contribution in [2.24, 2.45) is 0 Å². The lowest BCUT2D eigenvalue weighted by Crippen LogP contribution is -2.22. The fourth-order valence-corrected chi connectivity index (χ4v) is 1.85. The van der Waals surface area contributed by atoms with Gasteiger partial charge >= 0.3 is 0 Å². The van der Waals surface area contributed by atoms with Crippen molar-refractivity contribution in [2.75, 3.05) is 0 Å². The largest absolute Gasteiger partial charge is 0.452 e. The first-order valence-corrected chi connectivity index (χ1v) is 5.96. The lowest BCUT2D eigenvalue weighted by atomic mass is 10.2. The van der Waals surface area contributed by atoms with Gasteiger partial charge in [0.05, 0.1) is 5.16 Å². The number of aromatic nitrogens is 2. The van der Waals surface area contributed by atoms with Crippen molar-refractivity contribution in [2.45, 2.75) is 0 Å². The third kappa shape index (κ3) is 2.13. The maximum absolute atomic E-state index is 11.3. The summed E-state index contributed by atoms with van der Waals surface area (Å²) in [5.74, 6) is 1.10. The molecule has 2 aromatic carbocycles. The van der Waals surface area contributed by atoms with Gasteiger partial charge in [-0.3, -0.25) is 4.63 Å². The standard InChI is InChI=1S/C13H8N2O3S/c16-15-11-2-1-3-12(13(11)14-18-15)17-10-6-4-9(8-19)5-7-10/h1-8H. The molecule has 19 heavy (non-hydrogen) atoms. The number of ether oxygens (including phenoxy) is 1. The van der Waals surface area contributed by atoms with E-state index in [0.717, 1.165) is 5.56 Å². The second-order valence-electron chi connectivity index (χ2n) is 3.84. The molecule has 1 heterocycles. The van der Waals surface area contributed by atoms with E-state index in [1.807, 2.05) is 12.1 Å². The second-order valence-corrected chi connectivity index (χ2v) is 4.08. The van der Waals surface area contributed by atoms with Crippen molar-refractivity contribution >= 4 is 28.6 Å². The minimum Gasteiger partial charge on any atom is -0.452 e. The lowest BCUT2D eigenvalue weighted by Gasteiger charge is -2.04. The van der Waals surface area contributed by atoms with E-state index < -0.39 is 0 Å². The van der Waals surface area contributed by atoms with E-state index >= 15 is 0 Å². The predicted molar refractivity (Wildman–Crippen MR) is 72.2 cm³/mol. The zero-order valence-electron chi connectivity index (χ0n) is 9.65. The zero-order valence-corrected chi connectivity index (χ0v) is 10.5. The van der Waals surface area contributed by atoms with Gasteiger partial charge in [-0.05, 0) is 34.7 Å². The molecule has 0 saturated heterocycles. The molecule has 0 bridgehead atoms. The molecule has 0 radical (unpaired) electrons. The van der Waals surface area contributed by atoms with E-state index in [1.165, 1.54) is 0 Å². The number of benzene rings is 2. The molecule has 1 aromatic heterocycles. The highest BCUT2D eigenvalue weighted by atomic mass is 32.1. The summed E-state index contributed by atoms with van der Waals surface area (Å²) >= 11 is 4.83. The van der Waals surface area contributed by atoms with Gasteiger partial charge in [0.1, 0.15) is 5.75 Å². The summed E-state index contributed by atoms with van der Waals surface area (Å²) in [6.07, 6.45) is 0. The van der Waals surface area contributed by atoms with Crippen molar-refractivity contribution in [1.82, 2.24) is 5.16 Å². The molecule has 3 aromatic rings. The molecule has 6 heteroatoms. The first kappa shape index (κ1) is 11.6. The molecule has 0 spiro atoms. The third-order valence-electron chi connectivity index (χ3n) is 2.62. The number of hydrogen-bond donors (Lipinski definition) is 0. The van der Waals surface area contributed by atoms with Crippen LogP contribution >= 0.6 is 12.2 Å². The molecular formula is C13H8N2O3S. The van der Waals surface area contributed by atoms with Crippen LogP contribution in [-0.2, 0) is 0 Å². The fourth-order valence-electron chi connectivity index (χ4n) is 1.70. The highest BCUT2D eigenvalue weighted by Crippen LogP contribution is 2.27. The third-order valence-corrected chi connectivity index (χ3v) is 2.90. The smallest absolute Gasteiger partial charge is 0.290 e. The minimum absolute atomic E-state index is 0.327. The van der Waals surface area contributed by atoms with E-state index in [4.69, 9.17) is 17.0 Å². The molecule has 94 valence electrons. The van der Waals surface area contributed by atoms with Crippen LogP contribution in [0.3, 0.4) is 0 Å². The summed E-state index contributed by atoms with van der Waals surface area (Å²) in [6, 6.07) is 12.3. The van der Waals surface area contributed by atoms with Gasteiger partial charge in [-0.25, -0.2) is 0 Å². The first-order chi connectivity index (χ1) is 9.28. The van der Waals surface area contributed by atoms with E-state index in [1.54, 1.807) is 35.7 Å². The van der Waals surface area contributed by atoms with Crippen LogP contribution in [-0.4, -0.2) is 10.5 Å². The predicted octanol–water partition coefficient (Wildman–Crippen LogP) is 2.60. The summed E-state index contributed by atoms with van der Waals surface area (Å²) < 4.78 is 10.2. The molecule has 0 fully saturated rings. The van der Waals surface area contributed by atoms with Gasteiger partial charge in [-0.2, -0.15) is 0 Å². The monoisotopic (exact) mass is 272 g/mol. The lowest BCUT2D eigenvalue weighted by molar-refractivity contribution is -0.782. The number of nitrogens with zero attached hydrogens (tertiary/aromatic N) is 2. The molecule has 0 aliphatic rings. The Kier molecular flexibility index (Phi) is 2.85. The Bertz CT molecular complexity index is 737. The summed E-state index contributed by atoms with van der Waals surface area (Å²) in [5, 5.41) is 16.5. The van der Waals surface area contributed by atoms with Crippen LogP contribution in [0.25, 0.3) is 11.0 Å². The van der Waals surface area contributed by atoms with E-state index in [0.29, 0.717) is 27.4 Å². The Morgan fingerprint density at radius 3 is 2.74 bits per heavy atom. The van der Waals surface area contributed by atoms with Gasteiger partial charge < -0.3 is 9.94 Å². The Morgan fingerprint density at radius 1 is 1.21 bits per heavy atom. The quantitative estimate of drug-likeness (QED) is 0.541. The molecule has 0 amide bonds. The summed E-state index contributed by atoms with van der Waals surface area (Å²) in [4.78, 5) is 0.345. The molecule has 3 rings (SSSR count). The summed E-state index contributed by atoms with van der Waals surface area (Å²) in [5.41, 5.74) is 1.64. The van der Waals surface area contributed by atoms with Crippen molar-refractivity contribution in [1.29, 1.82) is 0 Å². The number of fused-ring (bicyclic) bond motifs is 1. The SMILES string of the molecule is [O-][n+]1onc2c(Oc3ccc(C=S)cc3)cccc21. The van der Waals surface area contributed by atoms with Gasteiger partial charge in [0.15, 0.2) is 5.75 Å². The van der Waals surface area contributed by atoms with Crippen LogP contribution in [0.4, 0.5) is 0 Å². The van der Waals surface area contributed by atoms with Crippen molar-refractivity contribution < 1.29 is 14.3 Å². The van der Waals surface area contributed by atoms with Crippen molar-refractivity contribution in [3.05, 3.63) is 53.2 Å². The van der Waals surface area contributed by atoms with Crippen LogP contribution in [0.2, 0.25) is 0 Å². The van der Waals surface area contributed by atoms with Crippen LogP contribution in [0, 0.1) is 5.21 Å². The Balaban J connectivity index is 1.98. The Labute approximate surface area is 113 Å². The molecule has 0 aliphatic carbocycles. The molecule has 0 unspecified atom stereocenters. The number of rotatable bonds is 3. The van der Waals surface area contributed by atoms with Crippen LogP contribution in [0.1, 0.15) is 5.56 Å². The molecule has 0 saturated carbocycles. The molecular weight excluding hydrogens is 264 g/mol. The maximum atomic E-state index is 11.3. The molecule has 0 N–H and O–H groups in total. The van der Waals surface area contributed by atoms with Gasteiger partial charge in [0, 0.05) is 5.37 Å². The number of thiocarbonyl (C=S) groups is 1.